The van der Waals surface area contributed by atoms with Crippen LogP contribution in [0.1, 0.15) is 10.4 Å². The van der Waals surface area contributed by atoms with Crippen LogP contribution in [0.15, 0.2) is 46.9 Å². The highest BCUT2D eigenvalue weighted by molar-refractivity contribution is 9.10. The van der Waals surface area contributed by atoms with Gasteiger partial charge in [-0.1, -0.05) is 22.0 Å². The van der Waals surface area contributed by atoms with E-state index in [1.807, 2.05) is 24.3 Å². The lowest BCUT2D eigenvalue weighted by Gasteiger charge is -2.07. The van der Waals surface area contributed by atoms with Gasteiger partial charge in [0.15, 0.2) is 17.3 Å². The summed E-state index contributed by atoms with van der Waals surface area (Å²) in [5, 5.41) is 3.00. The van der Waals surface area contributed by atoms with Gasteiger partial charge in [-0.2, -0.15) is 0 Å². The molecule has 2 rings (SSSR count). The topological polar surface area (TPSA) is 38.3 Å². The molecular formula is C15H13BrFNO2. The summed E-state index contributed by atoms with van der Waals surface area (Å²) in [6.45, 7) is 0.0994. The lowest BCUT2D eigenvalue weighted by molar-refractivity contribution is 0.101. The molecule has 2 aromatic rings. The summed E-state index contributed by atoms with van der Waals surface area (Å²) < 4.78 is 19.3. The first-order valence-corrected chi connectivity index (χ1v) is 6.75. The van der Waals surface area contributed by atoms with Crippen LogP contribution >= 0.6 is 15.9 Å². The molecule has 0 saturated heterocycles. The first-order valence-electron chi connectivity index (χ1n) is 5.96. The van der Waals surface area contributed by atoms with Crippen molar-refractivity contribution in [1.29, 1.82) is 0 Å². The third kappa shape index (κ3) is 3.57. The molecule has 0 radical (unpaired) electrons. The second-order valence-corrected chi connectivity index (χ2v) is 5.05. The van der Waals surface area contributed by atoms with E-state index in [1.165, 1.54) is 19.2 Å². The lowest BCUT2D eigenvalue weighted by atomic mass is 10.1. The molecule has 5 heteroatoms. The van der Waals surface area contributed by atoms with Crippen molar-refractivity contribution in [1.82, 2.24) is 0 Å². The third-order valence-corrected chi connectivity index (χ3v) is 3.24. The molecule has 0 heterocycles. The van der Waals surface area contributed by atoms with Crippen LogP contribution in [-0.2, 0) is 0 Å². The first kappa shape index (κ1) is 14.5. The molecule has 2 aromatic carbocycles. The first-order chi connectivity index (χ1) is 9.60. The lowest BCUT2D eigenvalue weighted by Crippen LogP contribution is -2.14. The van der Waals surface area contributed by atoms with Gasteiger partial charge in [0.1, 0.15) is 0 Å². The predicted molar refractivity (Wildman–Crippen MR) is 79.9 cm³/mol. The number of rotatable bonds is 5. The number of methoxy groups -OCH3 is 1. The van der Waals surface area contributed by atoms with E-state index < -0.39 is 5.82 Å². The van der Waals surface area contributed by atoms with Crippen molar-refractivity contribution in [2.75, 3.05) is 19.0 Å². The molecule has 1 N–H and O–H groups in total. The molecule has 0 aliphatic heterocycles. The molecule has 104 valence electrons. The van der Waals surface area contributed by atoms with E-state index in [1.54, 1.807) is 6.07 Å². The standard InChI is InChI=1S/C15H13BrFNO2/c1-20-15-6-5-10(7-13(15)17)14(19)9-18-12-4-2-3-11(16)8-12/h2-8,18H,9H2,1H3. The van der Waals surface area contributed by atoms with Crippen molar-refractivity contribution >= 4 is 27.4 Å². The summed E-state index contributed by atoms with van der Waals surface area (Å²) in [6.07, 6.45) is 0. The van der Waals surface area contributed by atoms with Gasteiger partial charge >= 0.3 is 0 Å². The molecule has 0 aliphatic carbocycles. The van der Waals surface area contributed by atoms with Crippen molar-refractivity contribution in [3.05, 3.63) is 58.3 Å². The zero-order valence-corrected chi connectivity index (χ0v) is 12.4. The number of hydrogen-bond acceptors (Lipinski definition) is 3. The number of hydrogen-bond donors (Lipinski definition) is 1. The number of ketones is 1. The van der Waals surface area contributed by atoms with Gasteiger partial charge in [0.05, 0.1) is 13.7 Å². The minimum Gasteiger partial charge on any atom is -0.494 e. The van der Waals surface area contributed by atoms with Gasteiger partial charge in [0.2, 0.25) is 0 Å². The quantitative estimate of drug-likeness (QED) is 0.841. The van der Waals surface area contributed by atoms with E-state index in [0.717, 1.165) is 10.2 Å². The van der Waals surface area contributed by atoms with E-state index in [0.29, 0.717) is 5.56 Å². The van der Waals surface area contributed by atoms with Crippen molar-refractivity contribution in [2.24, 2.45) is 0 Å². The van der Waals surface area contributed by atoms with E-state index in [4.69, 9.17) is 4.74 Å². The van der Waals surface area contributed by atoms with Crippen LogP contribution in [0.5, 0.6) is 5.75 Å². The number of carbonyl (C=O) groups excluding carboxylic acids is 1. The highest BCUT2D eigenvalue weighted by Crippen LogP contribution is 2.19. The smallest absolute Gasteiger partial charge is 0.181 e. The number of benzene rings is 2. The van der Waals surface area contributed by atoms with Gasteiger partial charge in [-0.25, -0.2) is 4.39 Å². The van der Waals surface area contributed by atoms with Gasteiger partial charge < -0.3 is 10.1 Å². The van der Waals surface area contributed by atoms with Crippen LogP contribution < -0.4 is 10.1 Å². The van der Waals surface area contributed by atoms with Crippen molar-refractivity contribution in [3.63, 3.8) is 0 Å². The molecule has 0 aliphatic rings. The van der Waals surface area contributed by atoms with Gasteiger partial charge in [-0.3, -0.25) is 4.79 Å². The second kappa shape index (κ2) is 6.52. The average molecular weight is 338 g/mol. The largest absolute Gasteiger partial charge is 0.494 e. The SMILES string of the molecule is COc1ccc(C(=O)CNc2cccc(Br)c2)cc1F. The minimum absolute atomic E-state index is 0.0994. The average Bonchev–Trinajstić information content (AvgIpc) is 2.44. The van der Waals surface area contributed by atoms with Crippen molar-refractivity contribution in [3.8, 4) is 5.75 Å². The summed E-state index contributed by atoms with van der Waals surface area (Å²) in [5.41, 5.74) is 1.13. The van der Waals surface area contributed by atoms with Crippen LogP contribution in [0, 0.1) is 5.82 Å². The normalized spacial score (nSPS) is 10.2. The molecule has 0 aromatic heterocycles. The van der Waals surface area contributed by atoms with Crippen LogP contribution in [0.25, 0.3) is 0 Å². The molecule has 0 amide bonds. The Morgan fingerprint density at radius 2 is 2.10 bits per heavy atom. The Morgan fingerprint density at radius 3 is 2.75 bits per heavy atom. The minimum atomic E-state index is -0.541. The number of nitrogens with one attached hydrogen (secondary N) is 1. The van der Waals surface area contributed by atoms with Gasteiger partial charge in [0.25, 0.3) is 0 Å². The number of ether oxygens (including phenoxy) is 1. The molecule has 0 atom stereocenters. The van der Waals surface area contributed by atoms with Crippen molar-refractivity contribution < 1.29 is 13.9 Å². The fourth-order valence-corrected chi connectivity index (χ4v) is 2.12. The van der Waals surface area contributed by atoms with Gasteiger partial charge in [-0.15, -0.1) is 0 Å². The molecule has 0 saturated carbocycles. The van der Waals surface area contributed by atoms with Crippen LogP contribution in [0.4, 0.5) is 10.1 Å². The molecule has 0 fully saturated rings. The molecule has 0 spiro atoms. The molecule has 0 bridgehead atoms. The fraction of sp³-hybridized carbons (Fsp3) is 0.133. The maximum atomic E-state index is 13.5. The summed E-state index contributed by atoms with van der Waals surface area (Å²) in [4.78, 5) is 12.0. The highest BCUT2D eigenvalue weighted by Gasteiger charge is 2.10. The monoisotopic (exact) mass is 337 g/mol. The maximum absolute atomic E-state index is 13.5. The summed E-state index contributed by atoms with van der Waals surface area (Å²) in [6, 6.07) is 11.7. The van der Waals surface area contributed by atoms with Crippen molar-refractivity contribution in [2.45, 2.75) is 0 Å². The molecule has 0 unspecified atom stereocenters. The van der Waals surface area contributed by atoms with Gasteiger partial charge in [-0.05, 0) is 36.4 Å². The van der Waals surface area contributed by atoms with Gasteiger partial charge in [0, 0.05) is 15.7 Å². The zero-order valence-electron chi connectivity index (χ0n) is 10.8. The third-order valence-electron chi connectivity index (χ3n) is 2.75. The second-order valence-electron chi connectivity index (χ2n) is 4.14. The van der Waals surface area contributed by atoms with Crippen LogP contribution in [-0.4, -0.2) is 19.4 Å². The fourth-order valence-electron chi connectivity index (χ4n) is 1.72. The maximum Gasteiger partial charge on any atom is 0.181 e. The summed E-state index contributed by atoms with van der Waals surface area (Å²) in [5.74, 6) is -0.603. The predicted octanol–water partition coefficient (Wildman–Crippen LogP) is 3.89. The summed E-state index contributed by atoms with van der Waals surface area (Å²) in [7, 11) is 1.38. The van der Waals surface area contributed by atoms with E-state index in [2.05, 4.69) is 21.2 Å². The van der Waals surface area contributed by atoms with Crippen LogP contribution in [0.2, 0.25) is 0 Å². The molecule has 20 heavy (non-hydrogen) atoms. The Labute approximate surface area is 124 Å². The van der Waals surface area contributed by atoms with E-state index >= 15 is 0 Å². The number of anilines is 1. The molecular weight excluding hydrogens is 325 g/mol. The van der Waals surface area contributed by atoms with E-state index in [-0.39, 0.29) is 18.1 Å². The molecule has 3 nitrogen and oxygen atoms in total. The Kier molecular flexibility index (Phi) is 4.74. The van der Waals surface area contributed by atoms with E-state index in [9.17, 15) is 9.18 Å². The number of halogens is 2. The summed E-state index contributed by atoms with van der Waals surface area (Å²) >= 11 is 3.35. The Bertz CT molecular complexity index is 631. The number of Topliss-reactive ketones (excluding diaryl/α,β-unsaturated/α-hetero) is 1. The highest BCUT2D eigenvalue weighted by atomic mass is 79.9. The Morgan fingerprint density at radius 1 is 1.30 bits per heavy atom. The Balaban J connectivity index is 2.03. The Hall–Kier alpha value is -1.88. The van der Waals surface area contributed by atoms with Crippen LogP contribution in [0.3, 0.4) is 0 Å². The number of carbonyl (C=O) groups is 1. The zero-order chi connectivity index (χ0) is 14.5.